The molecule has 1 heterocycles. The zero-order valence-corrected chi connectivity index (χ0v) is 20.0. The molecule has 1 aromatic heterocycles. The molecule has 0 atom stereocenters. The number of aryl methyl sites for hydroxylation is 1. The summed E-state index contributed by atoms with van der Waals surface area (Å²) >= 11 is 0. The van der Waals surface area contributed by atoms with Crippen molar-refractivity contribution >= 4 is 17.6 Å². The topological polar surface area (TPSA) is 96.2 Å². The number of hydrogen-bond donors (Lipinski definition) is 3. The highest BCUT2D eigenvalue weighted by Crippen LogP contribution is 2.42. The molecule has 3 N–H and O–H groups in total. The number of phenolic OH excluding ortho intramolecular Hbond substituents is 1. The van der Waals surface area contributed by atoms with Crippen LogP contribution in [0.5, 0.6) is 5.75 Å². The van der Waals surface area contributed by atoms with Crippen LogP contribution < -0.4 is 10.6 Å². The monoisotopic (exact) mass is 460 g/mol. The molecule has 1 aliphatic carbocycles. The molecule has 7 nitrogen and oxygen atoms in total. The Labute approximate surface area is 200 Å². The summed E-state index contributed by atoms with van der Waals surface area (Å²) in [6, 6.07) is 14.4. The Morgan fingerprint density at radius 3 is 2.53 bits per heavy atom. The molecule has 2 amide bonds. The number of nitrogens with one attached hydrogen (secondary N) is 2. The SMILES string of the molecule is CCC(CC)C(=O)Nc1ccc(O)c(-c2cc(C3CC3)n(C(=O)NCc3ccccc3C)n2)c1. The Kier molecular flexibility index (Phi) is 7.01. The third-order valence-electron chi connectivity index (χ3n) is 6.51. The molecule has 2 aromatic carbocycles. The van der Waals surface area contributed by atoms with E-state index < -0.39 is 0 Å². The number of anilines is 1. The van der Waals surface area contributed by atoms with Crippen molar-refractivity contribution in [1.82, 2.24) is 15.1 Å². The van der Waals surface area contributed by atoms with E-state index in [1.54, 1.807) is 18.2 Å². The highest BCUT2D eigenvalue weighted by Gasteiger charge is 2.31. The van der Waals surface area contributed by atoms with Crippen molar-refractivity contribution in [2.45, 2.75) is 58.9 Å². The van der Waals surface area contributed by atoms with Gasteiger partial charge in [0.1, 0.15) is 5.75 Å². The average molecular weight is 461 g/mol. The van der Waals surface area contributed by atoms with Gasteiger partial charge < -0.3 is 15.7 Å². The number of amides is 2. The molecule has 4 rings (SSSR count). The van der Waals surface area contributed by atoms with Gasteiger partial charge in [-0.1, -0.05) is 38.1 Å². The van der Waals surface area contributed by atoms with Crippen molar-refractivity contribution in [3.8, 4) is 17.0 Å². The van der Waals surface area contributed by atoms with E-state index in [0.717, 1.165) is 42.5 Å². The van der Waals surface area contributed by atoms with E-state index in [-0.39, 0.29) is 29.5 Å². The van der Waals surface area contributed by atoms with E-state index in [1.807, 2.05) is 51.1 Å². The van der Waals surface area contributed by atoms with E-state index in [1.165, 1.54) is 4.68 Å². The molecule has 178 valence electrons. The first kappa shape index (κ1) is 23.5. The van der Waals surface area contributed by atoms with Gasteiger partial charge in [0, 0.05) is 29.6 Å². The van der Waals surface area contributed by atoms with Crippen molar-refractivity contribution in [2.75, 3.05) is 5.32 Å². The first-order valence-electron chi connectivity index (χ1n) is 12.0. The maximum atomic E-state index is 13.0. The van der Waals surface area contributed by atoms with Gasteiger partial charge >= 0.3 is 6.03 Å². The molecule has 1 fully saturated rings. The highest BCUT2D eigenvalue weighted by molar-refractivity contribution is 5.93. The predicted octanol–water partition coefficient (Wildman–Crippen LogP) is 5.57. The molecule has 0 unspecified atom stereocenters. The van der Waals surface area contributed by atoms with Crippen LogP contribution in [-0.4, -0.2) is 26.8 Å². The summed E-state index contributed by atoms with van der Waals surface area (Å²) in [7, 11) is 0. The summed E-state index contributed by atoms with van der Waals surface area (Å²) in [5, 5.41) is 21.0. The number of nitrogens with zero attached hydrogens (tertiary/aromatic N) is 2. The molecule has 34 heavy (non-hydrogen) atoms. The van der Waals surface area contributed by atoms with Crippen LogP contribution in [0.15, 0.2) is 48.5 Å². The summed E-state index contributed by atoms with van der Waals surface area (Å²) in [5.41, 5.74) is 4.58. The van der Waals surface area contributed by atoms with Gasteiger partial charge in [-0.25, -0.2) is 4.79 Å². The predicted molar refractivity (Wildman–Crippen MR) is 133 cm³/mol. The molecular formula is C27H32N4O3. The lowest BCUT2D eigenvalue weighted by molar-refractivity contribution is -0.120. The molecule has 7 heteroatoms. The Morgan fingerprint density at radius 2 is 1.85 bits per heavy atom. The Hall–Kier alpha value is -3.61. The number of carbonyl (C=O) groups is 2. The third kappa shape index (κ3) is 5.14. The minimum absolute atomic E-state index is 0.0404. The molecule has 0 saturated heterocycles. The van der Waals surface area contributed by atoms with Crippen molar-refractivity contribution in [3.05, 3.63) is 65.4 Å². The first-order valence-corrected chi connectivity index (χ1v) is 12.0. The smallest absolute Gasteiger partial charge is 0.342 e. The molecular weight excluding hydrogens is 428 g/mol. The van der Waals surface area contributed by atoms with Crippen LogP contribution >= 0.6 is 0 Å². The van der Waals surface area contributed by atoms with Crippen LogP contribution in [0.3, 0.4) is 0 Å². The summed E-state index contributed by atoms with van der Waals surface area (Å²) < 4.78 is 1.42. The highest BCUT2D eigenvalue weighted by atomic mass is 16.3. The molecule has 1 saturated carbocycles. The van der Waals surface area contributed by atoms with Crippen molar-refractivity contribution in [2.24, 2.45) is 5.92 Å². The summed E-state index contributed by atoms with van der Waals surface area (Å²) in [4.78, 5) is 25.6. The third-order valence-corrected chi connectivity index (χ3v) is 6.51. The Balaban J connectivity index is 1.58. The van der Waals surface area contributed by atoms with Crippen molar-refractivity contribution in [3.63, 3.8) is 0 Å². The van der Waals surface area contributed by atoms with E-state index in [9.17, 15) is 14.7 Å². The number of aromatic nitrogens is 2. The Morgan fingerprint density at radius 1 is 1.12 bits per heavy atom. The minimum Gasteiger partial charge on any atom is -0.507 e. The maximum Gasteiger partial charge on any atom is 0.342 e. The van der Waals surface area contributed by atoms with Crippen LogP contribution in [-0.2, 0) is 11.3 Å². The van der Waals surface area contributed by atoms with Crippen LogP contribution in [0.4, 0.5) is 10.5 Å². The van der Waals surface area contributed by atoms with Crippen LogP contribution in [0.1, 0.15) is 62.3 Å². The average Bonchev–Trinajstić information content (AvgIpc) is 3.58. The summed E-state index contributed by atoms with van der Waals surface area (Å²) in [6.45, 7) is 6.41. The molecule has 0 aliphatic heterocycles. The fourth-order valence-corrected chi connectivity index (χ4v) is 4.14. The second kappa shape index (κ2) is 10.1. The van der Waals surface area contributed by atoms with Gasteiger partial charge in [0.05, 0.1) is 11.4 Å². The van der Waals surface area contributed by atoms with Gasteiger partial charge in [-0.15, -0.1) is 0 Å². The number of aromatic hydroxyl groups is 1. The normalized spacial score (nSPS) is 13.2. The lowest BCUT2D eigenvalue weighted by atomic mass is 10.0. The summed E-state index contributed by atoms with van der Waals surface area (Å²) in [5.74, 6) is 0.231. The van der Waals surface area contributed by atoms with Gasteiger partial charge in [0.25, 0.3) is 0 Å². The lowest BCUT2D eigenvalue weighted by Crippen LogP contribution is -2.30. The second-order valence-corrected chi connectivity index (χ2v) is 8.96. The van der Waals surface area contributed by atoms with E-state index in [0.29, 0.717) is 23.5 Å². The quantitative estimate of drug-likeness (QED) is 0.383. The van der Waals surface area contributed by atoms with Gasteiger partial charge in [-0.05, 0) is 68.0 Å². The fraction of sp³-hybridized carbons (Fsp3) is 0.370. The molecule has 0 radical (unpaired) electrons. The minimum atomic E-state index is -0.297. The first-order chi connectivity index (χ1) is 16.4. The maximum absolute atomic E-state index is 13.0. The number of phenols is 1. The van der Waals surface area contributed by atoms with Crippen molar-refractivity contribution < 1.29 is 14.7 Å². The largest absolute Gasteiger partial charge is 0.507 e. The van der Waals surface area contributed by atoms with E-state index in [2.05, 4.69) is 15.7 Å². The van der Waals surface area contributed by atoms with Crippen LogP contribution in [0, 0.1) is 12.8 Å². The molecule has 0 bridgehead atoms. The van der Waals surface area contributed by atoms with Gasteiger partial charge in [0.2, 0.25) is 5.91 Å². The molecule has 0 spiro atoms. The van der Waals surface area contributed by atoms with Gasteiger partial charge in [-0.3, -0.25) is 4.79 Å². The zero-order valence-electron chi connectivity index (χ0n) is 20.0. The number of benzene rings is 2. The van der Waals surface area contributed by atoms with E-state index >= 15 is 0 Å². The number of carbonyl (C=O) groups excluding carboxylic acids is 2. The van der Waals surface area contributed by atoms with Crippen LogP contribution in [0.2, 0.25) is 0 Å². The van der Waals surface area contributed by atoms with Crippen molar-refractivity contribution in [1.29, 1.82) is 0 Å². The summed E-state index contributed by atoms with van der Waals surface area (Å²) in [6.07, 6.45) is 3.54. The lowest BCUT2D eigenvalue weighted by Gasteiger charge is -2.13. The van der Waals surface area contributed by atoms with Crippen LogP contribution in [0.25, 0.3) is 11.3 Å². The van der Waals surface area contributed by atoms with Gasteiger partial charge in [0.15, 0.2) is 0 Å². The number of rotatable bonds is 8. The molecule has 3 aromatic rings. The zero-order chi connectivity index (χ0) is 24.2. The standard InChI is InChI=1S/C27H32N4O3/c1-4-18(5-2)26(33)29-21-12-13-25(32)22(14-21)23-15-24(19-10-11-19)31(30-23)27(34)28-16-20-9-7-6-8-17(20)3/h6-9,12-15,18-19,32H,4-5,10-11,16H2,1-3H3,(H,28,34)(H,29,33). The number of hydrogen-bond acceptors (Lipinski definition) is 4. The molecule has 1 aliphatic rings. The second-order valence-electron chi connectivity index (χ2n) is 8.96. The van der Waals surface area contributed by atoms with E-state index in [4.69, 9.17) is 0 Å². The van der Waals surface area contributed by atoms with Gasteiger partial charge in [-0.2, -0.15) is 9.78 Å². The fourth-order valence-electron chi connectivity index (χ4n) is 4.14. The Bertz CT molecular complexity index is 1190.